The van der Waals surface area contributed by atoms with Crippen molar-refractivity contribution in [3.05, 3.63) is 34.3 Å². The normalized spacial score (nSPS) is 26.2. The molecule has 0 aromatic heterocycles. The van der Waals surface area contributed by atoms with Gasteiger partial charge in [-0.1, -0.05) is 34.1 Å². The third-order valence-corrected chi connectivity index (χ3v) is 4.84. The molecule has 5 heteroatoms. The smallest absolute Gasteiger partial charge is 0.0963 e. The molecule has 2 heterocycles. The van der Waals surface area contributed by atoms with Crippen LogP contribution in [-0.4, -0.2) is 56.1 Å². The second-order valence-corrected chi connectivity index (χ2v) is 6.62. The first kappa shape index (κ1) is 14.5. The molecule has 1 atom stereocenters. The van der Waals surface area contributed by atoms with Crippen LogP contribution in [0.1, 0.15) is 11.7 Å². The van der Waals surface area contributed by atoms with Crippen LogP contribution in [0, 0.1) is 5.41 Å². The minimum Gasteiger partial charge on any atom is -0.396 e. The Morgan fingerprint density at radius 1 is 1.35 bits per heavy atom. The predicted molar refractivity (Wildman–Crippen MR) is 79.6 cm³/mol. The van der Waals surface area contributed by atoms with Crippen LogP contribution < -0.4 is 0 Å². The van der Waals surface area contributed by atoms with Gasteiger partial charge in [-0.2, -0.15) is 0 Å². The van der Waals surface area contributed by atoms with Crippen molar-refractivity contribution in [3.63, 3.8) is 0 Å². The van der Waals surface area contributed by atoms with Gasteiger partial charge in [0.2, 0.25) is 0 Å². The Bertz CT molecular complexity index is 459. The first-order valence-corrected chi connectivity index (χ1v) is 7.79. The number of hydrogen-bond acceptors (Lipinski definition) is 4. The summed E-state index contributed by atoms with van der Waals surface area (Å²) in [6, 6.07) is 8.21. The minimum absolute atomic E-state index is 0.0597. The molecule has 1 aromatic carbocycles. The molecule has 0 saturated carbocycles. The molecule has 1 aromatic rings. The van der Waals surface area contributed by atoms with Crippen molar-refractivity contribution >= 4 is 15.9 Å². The maximum atomic E-state index is 9.55. The number of benzene rings is 1. The highest BCUT2D eigenvalue weighted by Gasteiger charge is 2.40. The van der Waals surface area contributed by atoms with Crippen molar-refractivity contribution in [2.45, 2.75) is 6.10 Å². The van der Waals surface area contributed by atoms with Gasteiger partial charge >= 0.3 is 0 Å². The molecule has 0 aliphatic carbocycles. The monoisotopic (exact) mass is 341 g/mol. The van der Waals surface area contributed by atoms with E-state index in [4.69, 9.17) is 9.47 Å². The summed E-state index contributed by atoms with van der Waals surface area (Å²) in [5.74, 6) is 0. The summed E-state index contributed by atoms with van der Waals surface area (Å²) in [4.78, 5) is 2.38. The van der Waals surface area contributed by atoms with Gasteiger partial charge in [0.1, 0.15) is 0 Å². The molecular formula is C15H20BrNO3. The molecule has 20 heavy (non-hydrogen) atoms. The highest BCUT2D eigenvalue weighted by molar-refractivity contribution is 9.10. The van der Waals surface area contributed by atoms with Gasteiger partial charge in [-0.3, -0.25) is 4.90 Å². The van der Waals surface area contributed by atoms with E-state index in [-0.39, 0.29) is 18.1 Å². The van der Waals surface area contributed by atoms with E-state index < -0.39 is 0 Å². The molecule has 2 saturated heterocycles. The van der Waals surface area contributed by atoms with E-state index in [0.29, 0.717) is 13.2 Å². The predicted octanol–water partition coefficient (Wildman–Crippen LogP) is 1.83. The lowest BCUT2D eigenvalue weighted by atomic mass is 9.86. The molecule has 0 bridgehead atoms. The van der Waals surface area contributed by atoms with Crippen molar-refractivity contribution in [2.75, 3.05) is 46.1 Å². The van der Waals surface area contributed by atoms with Crippen molar-refractivity contribution in [1.82, 2.24) is 4.90 Å². The van der Waals surface area contributed by atoms with E-state index >= 15 is 0 Å². The second-order valence-electron chi connectivity index (χ2n) is 5.77. The van der Waals surface area contributed by atoms with Gasteiger partial charge in [-0.15, -0.1) is 0 Å². The standard InChI is InChI=1S/C15H20BrNO3/c16-13-4-2-1-3-12(13)14-7-17(5-6-20-14)8-15(9-18)10-19-11-15/h1-4,14,18H,5-11H2. The lowest BCUT2D eigenvalue weighted by molar-refractivity contribution is -0.158. The fourth-order valence-electron chi connectivity index (χ4n) is 2.87. The van der Waals surface area contributed by atoms with Crippen LogP contribution in [0.4, 0.5) is 0 Å². The summed E-state index contributed by atoms with van der Waals surface area (Å²) >= 11 is 3.59. The molecule has 2 fully saturated rings. The Morgan fingerprint density at radius 3 is 2.80 bits per heavy atom. The van der Waals surface area contributed by atoms with Gasteiger partial charge in [-0.25, -0.2) is 0 Å². The van der Waals surface area contributed by atoms with Crippen LogP contribution in [0.2, 0.25) is 0 Å². The largest absolute Gasteiger partial charge is 0.396 e. The first-order chi connectivity index (χ1) is 9.72. The van der Waals surface area contributed by atoms with Crippen molar-refractivity contribution in [1.29, 1.82) is 0 Å². The Balaban J connectivity index is 1.66. The molecule has 3 rings (SSSR count). The number of hydrogen-bond donors (Lipinski definition) is 1. The Morgan fingerprint density at radius 2 is 2.15 bits per heavy atom. The van der Waals surface area contributed by atoms with Gasteiger partial charge < -0.3 is 14.6 Å². The highest BCUT2D eigenvalue weighted by atomic mass is 79.9. The molecule has 110 valence electrons. The first-order valence-electron chi connectivity index (χ1n) is 6.99. The van der Waals surface area contributed by atoms with E-state index in [9.17, 15) is 5.11 Å². The van der Waals surface area contributed by atoms with E-state index in [2.05, 4.69) is 26.9 Å². The van der Waals surface area contributed by atoms with E-state index in [1.807, 2.05) is 18.2 Å². The van der Waals surface area contributed by atoms with Crippen molar-refractivity contribution in [3.8, 4) is 0 Å². The number of aliphatic hydroxyl groups is 1. The molecular weight excluding hydrogens is 322 g/mol. The van der Waals surface area contributed by atoms with Crippen LogP contribution in [0.5, 0.6) is 0 Å². The SMILES string of the molecule is OCC1(CN2CCOC(c3ccccc3Br)C2)COC1. The van der Waals surface area contributed by atoms with Crippen LogP contribution >= 0.6 is 15.9 Å². The number of morpholine rings is 1. The van der Waals surface area contributed by atoms with Gasteiger partial charge in [0.05, 0.1) is 37.9 Å². The topological polar surface area (TPSA) is 41.9 Å². The van der Waals surface area contributed by atoms with E-state index in [1.54, 1.807) is 0 Å². The van der Waals surface area contributed by atoms with Gasteiger partial charge in [-0.05, 0) is 11.6 Å². The molecule has 0 amide bonds. The van der Waals surface area contributed by atoms with Crippen molar-refractivity contribution in [2.24, 2.45) is 5.41 Å². The number of aliphatic hydroxyl groups excluding tert-OH is 1. The molecule has 0 spiro atoms. The number of ether oxygens (including phenoxy) is 2. The summed E-state index contributed by atoms with van der Waals surface area (Å²) in [5.41, 5.74) is 1.13. The van der Waals surface area contributed by atoms with Gasteiger partial charge in [0.15, 0.2) is 0 Å². The molecule has 2 aliphatic heterocycles. The molecule has 1 N–H and O–H groups in total. The fraction of sp³-hybridized carbons (Fsp3) is 0.600. The van der Waals surface area contributed by atoms with Gasteiger partial charge in [0, 0.05) is 24.1 Å². The Hall–Kier alpha value is -0.460. The number of rotatable bonds is 4. The van der Waals surface area contributed by atoms with E-state index in [0.717, 1.165) is 30.7 Å². The summed E-state index contributed by atoms with van der Waals surface area (Å²) in [5, 5.41) is 9.55. The Labute approximate surface area is 127 Å². The summed E-state index contributed by atoms with van der Waals surface area (Å²) in [7, 11) is 0. The zero-order chi connectivity index (χ0) is 14.0. The summed E-state index contributed by atoms with van der Waals surface area (Å²) in [6.45, 7) is 4.93. The minimum atomic E-state index is -0.0597. The van der Waals surface area contributed by atoms with Crippen molar-refractivity contribution < 1.29 is 14.6 Å². The zero-order valence-corrected chi connectivity index (χ0v) is 13.0. The zero-order valence-electron chi connectivity index (χ0n) is 11.4. The fourth-order valence-corrected chi connectivity index (χ4v) is 3.41. The second kappa shape index (κ2) is 6.12. The molecule has 4 nitrogen and oxygen atoms in total. The number of nitrogens with zero attached hydrogens (tertiary/aromatic N) is 1. The Kier molecular flexibility index (Phi) is 4.43. The van der Waals surface area contributed by atoms with Gasteiger partial charge in [0.25, 0.3) is 0 Å². The average Bonchev–Trinajstić information content (AvgIpc) is 2.44. The van der Waals surface area contributed by atoms with Crippen LogP contribution in [0.15, 0.2) is 28.7 Å². The molecule has 1 unspecified atom stereocenters. The quantitative estimate of drug-likeness (QED) is 0.907. The van der Waals surface area contributed by atoms with Crippen LogP contribution in [0.3, 0.4) is 0 Å². The third kappa shape index (κ3) is 2.92. The average molecular weight is 342 g/mol. The third-order valence-electron chi connectivity index (χ3n) is 4.11. The summed E-state index contributed by atoms with van der Waals surface area (Å²) < 4.78 is 12.3. The maximum absolute atomic E-state index is 9.55. The summed E-state index contributed by atoms with van der Waals surface area (Å²) in [6.07, 6.45) is 0.0936. The van der Waals surface area contributed by atoms with Crippen LogP contribution in [0.25, 0.3) is 0 Å². The maximum Gasteiger partial charge on any atom is 0.0963 e. The highest BCUT2D eigenvalue weighted by Crippen LogP contribution is 2.32. The lowest BCUT2D eigenvalue weighted by Gasteiger charge is -2.45. The van der Waals surface area contributed by atoms with E-state index in [1.165, 1.54) is 5.56 Å². The lowest BCUT2D eigenvalue weighted by Crippen LogP contribution is -2.55. The molecule has 0 radical (unpaired) electrons. The molecule has 2 aliphatic rings. The number of halogens is 1. The van der Waals surface area contributed by atoms with Crippen LogP contribution in [-0.2, 0) is 9.47 Å².